The van der Waals surface area contributed by atoms with Crippen LogP contribution in [0.1, 0.15) is 28.9 Å². The van der Waals surface area contributed by atoms with Gasteiger partial charge in [0.15, 0.2) is 11.6 Å². The lowest BCUT2D eigenvalue weighted by Gasteiger charge is -2.11. The number of aliphatic carboxylic acids is 1. The molecule has 0 unspecified atom stereocenters. The minimum absolute atomic E-state index is 0.0145. The van der Waals surface area contributed by atoms with Crippen LogP contribution in [-0.4, -0.2) is 11.1 Å². The predicted octanol–water partition coefficient (Wildman–Crippen LogP) is 4.92. The number of furan rings is 1. The van der Waals surface area contributed by atoms with Crippen molar-refractivity contribution in [2.24, 2.45) is 0 Å². The van der Waals surface area contributed by atoms with Gasteiger partial charge >= 0.3 is 5.97 Å². The molecular formula is C20H18F2O4. The van der Waals surface area contributed by atoms with Crippen molar-refractivity contribution in [1.29, 1.82) is 0 Å². The van der Waals surface area contributed by atoms with E-state index in [1.807, 2.05) is 32.0 Å². The van der Waals surface area contributed by atoms with Gasteiger partial charge in [0.25, 0.3) is 0 Å². The Kier molecular flexibility index (Phi) is 4.93. The summed E-state index contributed by atoms with van der Waals surface area (Å²) >= 11 is 0. The number of fused-ring (bicyclic) bond motifs is 1. The molecule has 0 amide bonds. The normalized spacial score (nSPS) is 11.1. The maximum absolute atomic E-state index is 14.2. The van der Waals surface area contributed by atoms with Crippen molar-refractivity contribution in [2.45, 2.75) is 33.3 Å². The van der Waals surface area contributed by atoms with Gasteiger partial charge in [0.2, 0.25) is 5.82 Å². The van der Waals surface area contributed by atoms with Gasteiger partial charge in [-0.15, -0.1) is 0 Å². The number of ether oxygens (including phenoxy) is 1. The van der Waals surface area contributed by atoms with E-state index in [1.54, 1.807) is 0 Å². The van der Waals surface area contributed by atoms with Crippen LogP contribution in [0, 0.1) is 25.5 Å². The lowest BCUT2D eigenvalue weighted by atomic mass is 10.1. The fraction of sp³-hybridized carbons (Fsp3) is 0.250. The Morgan fingerprint density at radius 3 is 2.62 bits per heavy atom. The third-order valence-corrected chi connectivity index (χ3v) is 4.40. The molecule has 0 aliphatic rings. The zero-order valence-corrected chi connectivity index (χ0v) is 14.4. The van der Waals surface area contributed by atoms with Crippen molar-refractivity contribution in [3.05, 3.63) is 64.4 Å². The van der Waals surface area contributed by atoms with Crippen molar-refractivity contribution in [2.75, 3.05) is 0 Å². The van der Waals surface area contributed by atoms with E-state index in [0.29, 0.717) is 0 Å². The Hall–Kier alpha value is -2.89. The number of halogens is 2. The molecule has 1 heterocycles. The smallest absolute Gasteiger partial charge is 0.303 e. The van der Waals surface area contributed by atoms with E-state index in [-0.39, 0.29) is 30.8 Å². The first-order chi connectivity index (χ1) is 12.4. The molecule has 6 heteroatoms. The number of rotatable bonds is 6. The average Bonchev–Trinajstić information content (AvgIpc) is 2.90. The molecule has 2 aromatic carbocycles. The van der Waals surface area contributed by atoms with Crippen LogP contribution in [0.3, 0.4) is 0 Å². The van der Waals surface area contributed by atoms with Crippen LogP contribution in [0.25, 0.3) is 11.0 Å². The van der Waals surface area contributed by atoms with E-state index >= 15 is 0 Å². The first-order valence-corrected chi connectivity index (χ1v) is 8.17. The van der Waals surface area contributed by atoms with Crippen molar-refractivity contribution in [3.8, 4) is 5.75 Å². The van der Waals surface area contributed by atoms with Crippen LogP contribution in [0.2, 0.25) is 0 Å². The standard InChI is InChI=1S/C20H18F2O4/c1-11-12(2)26-15-5-3-4-14(18(11)15)10-25-16-8-6-13(7-9-17(23)24)19(21)20(16)22/h3-6,8H,7,9-10H2,1-2H3,(H,23,24). The Labute approximate surface area is 149 Å². The lowest BCUT2D eigenvalue weighted by molar-refractivity contribution is -0.136. The first kappa shape index (κ1) is 17.9. The molecule has 0 spiro atoms. The molecule has 0 radical (unpaired) electrons. The summed E-state index contributed by atoms with van der Waals surface area (Å²) in [5.41, 5.74) is 2.53. The van der Waals surface area contributed by atoms with Crippen molar-refractivity contribution in [3.63, 3.8) is 0 Å². The largest absolute Gasteiger partial charge is 0.486 e. The average molecular weight is 360 g/mol. The van der Waals surface area contributed by atoms with E-state index in [0.717, 1.165) is 27.9 Å². The van der Waals surface area contributed by atoms with Crippen LogP contribution in [0.15, 0.2) is 34.7 Å². The van der Waals surface area contributed by atoms with E-state index in [1.165, 1.54) is 12.1 Å². The van der Waals surface area contributed by atoms with Gasteiger partial charge in [-0.3, -0.25) is 4.79 Å². The minimum atomic E-state index is -1.11. The van der Waals surface area contributed by atoms with Gasteiger partial charge in [0.05, 0.1) is 0 Å². The second-order valence-electron chi connectivity index (χ2n) is 6.11. The number of carboxylic acids is 1. The molecule has 3 aromatic rings. The molecule has 0 aliphatic heterocycles. The van der Waals surface area contributed by atoms with Crippen LogP contribution in [0.5, 0.6) is 5.75 Å². The summed E-state index contributed by atoms with van der Waals surface area (Å²) in [5, 5.41) is 9.57. The van der Waals surface area contributed by atoms with Gasteiger partial charge < -0.3 is 14.3 Å². The predicted molar refractivity (Wildman–Crippen MR) is 92.3 cm³/mol. The van der Waals surface area contributed by atoms with Gasteiger partial charge in [-0.1, -0.05) is 18.2 Å². The highest BCUT2D eigenvalue weighted by atomic mass is 19.2. The Bertz CT molecular complexity index is 976. The zero-order valence-electron chi connectivity index (χ0n) is 14.4. The zero-order chi connectivity index (χ0) is 18.8. The molecule has 0 saturated heterocycles. The number of benzene rings is 2. The molecule has 3 rings (SSSR count). The highest BCUT2D eigenvalue weighted by molar-refractivity contribution is 5.85. The highest BCUT2D eigenvalue weighted by Gasteiger charge is 2.17. The van der Waals surface area contributed by atoms with Crippen molar-refractivity contribution in [1.82, 2.24) is 0 Å². The van der Waals surface area contributed by atoms with E-state index < -0.39 is 17.6 Å². The fourth-order valence-corrected chi connectivity index (χ4v) is 2.90. The van der Waals surface area contributed by atoms with Crippen molar-refractivity contribution < 1.29 is 27.8 Å². The number of carbonyl (C=O) groups is 1. The summed E-state index contributed by atoms with van der Waals surface area (Å²) in [6.45, 7) is 3.86. The molecule has 0 atom stereocenters. The summed E-state index contributed by atoms with van der Waals surface area (Å²) in [6.07, 6.45) is -0.344. The molecular weight excluding hydrogens is 342 g/mol. The lowest BCUT2D eigenvalue weighted by Crippen LogP contribution is -2.04. The second kappa shape index (κ2) is 7.15. The Morgan fingerprint density at radius 1 is 1.12 bits per heavy atom. The summed E-state index contributed by atoms with van der Waals surface area (Å²) in [4.78, 5) is 10.6. The van der Waals surface area contributed by atoms with E-state index in [9.17, 15) is 13.6 Å². The van der Waals surface area contributed by atoms with Crippen LogP contribution >= 0.6 is 0 Å². The number of hydrogen-bond donors (Lipinski definition) is 1. The quantitative estimate of drug-likeness (QED) is 0.677. The summed E-state index contributed by atoms with van der Waals surface area (Å²) in [6, 6.07) is 8.18. The van der Waals surface area contributed by atoms with Gasteiger partial charge in [0.1, 0.15) is 18.0 Å². The third kappa shape index (κ3) is 3.40. The molecule has 136 valence electrons. The second-order valence-corrected chi connectivity index (χ2v) is 6.11. The van der Waals surface area contributed by atoms with Crippen LogP contribution in [-0.2, 0) is 17.8 Å². The number of carboxylic acid groups (broad SMARTS) is 1. The Morgan fingerprint density at radius 2 is 1.88 bits per heavy atom. The number of hydrogen-bond acceptors (Lipinski definition) is 3. The summed E-state index contributed by atoms with van der Waals surface area (Å²) < 4.78 is 39.5. The maximum atomic E-state index is 14.2. The summed E-state index contributed by atoms with van der Waals surface area (Å²) in [5.74, 6) is -2.66. The molecule has 4 nitrogen and oxygen atoms in total. The van der Waals surface area contributed by atoms with E-state index in [4.69, 9.17) is 14.3 Å². The van der Waals surface area contributed by atoms with Crippen LogP contribution in [0.4, 0.5) is 8.78 Å². The maximum Gasteiger partial charge on any atom is 0.303 e. The highest BCUT2D eigenvalue weighted by Crippen LogP contribution is 2.30. The van der Waals surface area contributed by atoms with Gasteiger partial charge in [0, 0.05) is 17.4 Å². The number of aryl methyl sites for hydroxylation is 3. The molecule has 0 fully saturated rings. The topological polar surface area (TPSA) is 59.7 Å². The van der Waals surface area contributed by atoms with Gasteiger partial charge in [-0.25, -0.2) is 4.39 Å². The molecule has 0 bridgehead atoms. The minimum Gasteiger partial charge on any atom is -0.486 e. The molecule has 0 saturated carbocycles. The van der Waals surface area contributed by atoms with E-state index in [2.05, 4.69) is 0 Å². The fourth-order valence-electron chi connectivity index (χ4n) is 2.90. The molecule has 1 aromatic heterocycles. The first-order valence-electron chi connectivity index (χ1n) is 8.17. The van der Waals surface area contributed by atoms with Crippen molar-refractivity contribution >= 4 is 16.9 Å². The molecule has 26 heavy (non-hydrogen) atoms. The monoisotopic (exact) mass is 360 g/mol. The van der Waals surface area contributed by atoms with Gasteiger partial charge in [-0.05, 0) is 43.5 Å². The SMILES string of the molecule is Cc1oc2cccc(COc3ccc(CCC(=O)O)c(F)c3F)c2c1C. The van der Waals surface area contributed by atoms with Crippen LogP contribution < -0.4 is 4.74 Å². The summed E-state index contributed by atoms with van der Waals surface area (Å²) in [7, 11) is 0. The molecule has 1 N–H and O–H groups in total. The van der Waals surface area contributed by atoms with Gasteiger partial charge in [-0.2, -0.15) is 4.39 Å². The Balaban J connectivity index is 1.82. The molecule has 0 aliphatic carbocycles. The third-order valence-electron chi connectivity index (χ3n) is 4.40.